The maximum Gasteiger partial charge on any atom is 2.00 e. The van der Waals surface area contributed by atoms with Gasteiger partial charge in [-0.2, -0.15) is 18.2 Å². The molecule has 1 N–H and O–H groups in total. The van der Waals surface area contributed by atoms with Gasteiger partial charge in [0.05, 0.1) is 18.1 Å². The molecule has 0 unspecified atom stereocenters. The molecule has 0 aliphatic rings. The van der Waals surface area contributed by atoms with Gasteiger partial charge in [0.25, 0.3) is 5.69 Å². The van der Waals surface area contributed by atoms with Crippen molar-refractivity contribution in [1.29, 1.82) is 0 Å². The molecule has 0 radical (unpaired) electrons. The van der Waals surface area contributed by atoms with Crippen LogP contribution in [0.25, 0.3) is 0 Å². The summed E-state index contributed by atoms with van der Waals surface area (Å²) in [6.07, 6.45) is -0.785. The van der Waals surface area contributed by atoms with Crippen molar-refractivity contribution >= 4 is 23.9 Å². The number of carbonyl (C=O) groups is 1. The van der Waals surface area contributed by atoms with Crippen LogP contribution in [-0.4, -0.2) is 31.7 Å². The van der Waals surface area contributed by atoms with Crippen LogP contribution in [0.5, 0.6) is 11.5 Å². The number of anilines is 1. The van der Waals surface area contributed by atoms with Crippen molar-refractivity contribution in [2.24, 2.45) is 0 Å². The number of nitro groups is 1. The van der Waals surface area contributed by atoms with E-state index < -0.39 is 11.0 Å². The summed E-state index contributed by atoms with van der Waals surface area (Å²) in [5.74, 6) is 0.913. The van der Waals surface area contributed by atoms with Crippen molar-refractivity contribution in [3.05, 3.63) is 57.6 Å². The van der Waals surface area contributed by atoms with Crippen LogP contribution in [0, 0.1) is 30.0 Å². The quantitative estimate of drug-likeness (QED) is 0.338. The first-order valence-electron chi connectivity index (χ1n) is 7.52. The number of aryl methyl sites for hydroxylation is 2. The third-order valence-electron chi connectivity index (χ3n) is 3.21. The van der Waals surface area contributed by atoms with Gasteiger partial charge < -0.3 is 19.0 Å². The minimum absolute atomic E-state index is 0. The van der Waals surface area contributed by atoms with Crippen molar-refractivity contribution in [1.82, 2.24) is 0 Å². The third kappa shape index (κ3) is 7.36. The number of nitrogens with zero attached hydrogens (tertiary/aromatic N) is 1. The fraction of sp³-hybridized carbons (Fsp3) is 0.222. The molecular weight excluding hydrogens is 540 g/mol. The molecule has 2 aromatic rings. The van der Waals surface area contributed by atoms with E-state index in [-0.39, 0.29) is 32.4 Å². The summed E-state index contributed by atoms with van der Waals surface area (Å²) in [4.78, 5) is 30.6. The van der Waals surface area contributed by atoms with Crippen LogP contribution in [0.3, 0.4) is 0 Å². The molecule has 0 aromatic heterocycles. The van der Waals surface area contributed by atoms with E-state index >= 15 is 0 Å². The number of carbonyl (C=O) groups excluding carboxylic acids is 2. The van der Waals surface area contributed by atoms with E-state index in [0.29, 0.717) is 11.5 Å². The molecule has 0 fully saturated rings. The Morgan fingerprint density at radius 2 is 1.79 bits per heavy atom. The molecule has 0 aliphatic carbocycles. The summed E-state index contributed by atoms with van der Waals surface area (Å²) in [7, 11) is 2.43. The second-order valence-corrected chi connectivity index (χ2v) is 5.09. The van der Waals surface area contributed by atoms with Crippen molar-refractivity contribution in [2.45, 2.75) is 13.8 Å². The van der Waals surface area contributed by atoms with Gasteiger partial charge in [0.2, 0.25) is 0 Å². The Labute approximate surface area is 176 Å². The second-order valence-electron chi connectivity index (χ2n) is 5.09. The minimum atomic E-state index is -0.785. The Morgan fingerprint density at radius 3 is 2.25 bits per heavy atom. The molecule has 0 heterocycles. The van der Waals surface area contributed by atoms with Gasteiger partial charge in [-0.25, -0.2) is 4.79 Å². The maximum atomic E-state index is 11.2. The number of hydrogen-bond donors (Lipinski definition) is 1. The van der Waals surface area contributed by atoms with Crippen molar-refractivity contribution in [3.8, 4) is 11.5 Å². The first-order valence-corrected chi connectivity index (χ1v) is 7.52. The molecule has 0 atom stereocenters. The van der Waals surface area contributed by atoms with E-state index in [1.165, 1.54) is 38.9 Å². The van der Waals surface area contributed by atoms with Gasteiger partial charge in [-0.05, 0) is 12.1 Å². The standard InChI is InChI=1S/C16H15N2O5.C2H3O2.W/c1-10-5-4-6-11(2)15(10)23-12-7-8-13(17-16(19)22-3)14(9-12)18(20)21;1-4-2-3;/h5-9H,1-3H3,(H,17,19);1H3;/q2*-1;+2. The Morgan fingerprint density at radius 1 is 1.21 bits per heavy atom. The van der Waals surface area contributed by atoms with Gasteiger partial charge in [-0.15, -0.1) is 11.1 Å². The Bertz CT molecular complexity index is 807. The van der Waals surface area contributed by atoms with E-state index in [1.54, 1.807) is 12.1 Å². The van der Waals surface area contributed by atoms with E-state index in [1.807, 2.05) is 13.8 Å². The molecule has 2 rings (SSSR count). The van der Waals surface area contributed by atoms with Crippen molar-refractivity contribution in [2.75, 3.05) is 19.5 Å². The smallest absolute Gasteiger partial charge is 0.655 e. The number of methoxy groups -OCH3 is 2. The molecule has 148 valence electrons. The Kier molecular flexibility index (Phi) is 11.2. The van der Waals surface area contributed by atoms with Crippen LogP contribution in [0.2, 0.25) is 0 Å². The zero-order valence-corrected chi connectivity index (χ0v) is 18.5. The fourth-order valence-corrected chi connectivity index (χ4v) is 2.01. The summed E-state index contributed by atoms with van der Waals surface area (Å²) < 4.78 is 13.9. The molecule has 9 nitrogen and oxygen atoms in total. The van der Waals surface area contributed by atoms with Crippen LogP contribution in [0.15, 0.2) is 30.3 Å². The summed E-state index contributed by atoms with van der Waals surface area (Å²) in [5.41, 5.74) is 1.48. The normalized spacial score (nSPS) is 9.00. The average molecular weight is 558 g/mol. The molecule has 0 bridgehead atoms. The zero-order chi connectivity index (χ0) is 20.4. The van der Waals surface area contributed by atoms with Gasteiger partial charge in [-0.3, -0.25) is 15.4 Å². The zero-order valence-electron chi connectivity index (χ0n) is 15.6. The molecule has 2 aromatic carbocycles. The SMILES string of the molecule is COC(=O)Nc1ccc(Oc2c(C)c[c-]cc2C)cc1[N+](=O)[O-].CO[C-]=O.[W+2]. The molecular formula is C18H18N2O7W. The van der Waals surface area contributed by atoms with Crippen LogP contribution >= 0.6 is 0 Å². The number of rotatable bonds is 5. The predicted molar refractivity (Wildman–Crippen MR) is 96.7 cm³/mol. The number of benzene rings is 2. The van der Waals surface area contributed by atoms with Crippen LogP contribution < -0.4 is 10.1 Å². The molecule has 10 heteroatoms. The molecule has 0 spiro atoms. The first kappa shape index (κ1) is 25.1. The second kappa shape index (κ2) is 12.5. The molecule has 0 aliphatic heterocycles. The minimum Gasteiger partial charge on any atom is -0.655 e. The molecule has 0 saturated carbocycles. The topological polar surface area (TPSA) is 117 Å². The number of hydrogen-bond acceptors (Lipinski definition) is 7. The van der Waals surface area contributed by atoms with Gasteiger partial charge in [-0.1, -0.05) is 20.3 Å². The van der Waals surface area contributed by atoms with Crippen molar-refractivity contribution in [3.63, 3.8) is 0 Å². The summed E-state index contributed by atoms with van der Waals surface area (Å²) in [6.45, 7) is 4.90. The average Bonchev–Trinajstić information content (AvgIpc) is 2.65. The number of ether oxygens (including phenoxy) is 3. The number of nitrogens with one attached hydrogen (secondary N) is 1. The van der Waals surface area contributed by atoms with Gasteiger partial charge in [0, 0.05) is 12.9 Å². The summed E-state index contributed by atoms with van der Waals surface area (Å²) in [5, 5.41) is 13.5. The van der Waals surface area contributed by atoms with Crippen LogP contribution in [0.1, 0.15) is 11.1 Å². The van der Waals surface area contributed by atoms with Crippen LogP contribution in [-0.2, 0) is 35.3 Å². The summed E-state index contributed by atoms with van der Waals surface area (Å²) >= 11 is 0. The monoisotopic (exact) mass is 558 g/mol. The van der Waals surface area contributed by atoms with Crippen molar-refractivity contribution < 1.29 is 49.8 Å². The van der Waals surface area contributed by atoms with Gasteiger partial charge >= 0.3 is 27.2 Å². The van der Waals surface area contributed by atoms with E-state index in [4.69, 9.17) is 9.53 Å². The first-order chi connectivity index (χ1) is 12.8. The van der Waals surface area contributed by atoms with Gasteiger partial charge in [0.1, 0.15) is 11.4 Å². The maximum absolute atomic E-state index is 11.2. The Balaban J connectivity index is 0.00000133. The number of amides is 1. The Hall–Kier alpha value is -2.93. The molecule has 1 amide bonds. The predicted octanol–water partition coefficient (Wildman–Crippen LogP) is 3.68. The van der Waals surface area contributed by atoms with Crippen LogP contribution in [0.4, 0.5) is 16.2 Å². The van der Waals surface area contributed by atoms with E-state index in [0.717, 1.165) is 11.1 Å². The van der Waals surface area contributed by atoms with E-state index in [2.05, 4.69) is 20.9 Å². The van der Waals surface area contributed by atoms with Gasteiger partial charge in [0.15, 0.2) is 0 Å². The fourth-order valence-electron chi connectivity index (χ4n) is 2.01. The molecule has 28 heavy (non-hydrogen) atoms. The summed E-state index contributed by atoms with van der Waals surface area (Å²) in [6, 6.07) is 10.7. The largest absolute Gasteiger partial charge is 2.00 e. The van der Waals surface area contributed by atoms with E-state index in [9.17, 15) is 14.9 Å². The third-order valence-corrected chi connectivity index (χ3v) is 3.21. The number of nitro benzene ring substituents is 1. The molecule has 0 saturated heterocycles.